The fourth-order valence-electron chi connectivity index (χ4n) is 2.70. The zero-order valence-electron chi connectivity index (χ0n) is 13.9. The summed E-state index contributed by atoms with van der Waals surface area (Å²) in [6.45, 7) is 1.99. The molecule has 26 heavy (non-hydrogen) atoms. The number of aliphatic imine (C=N–C) groups is 1. The third kappa shape index (κ3) is 2.77. The number of anilines is 2. The van der Waals surface area contributed by atoms with Crippen LogP contribution in [0.2, 0.25) is 0 Å². The van der Waals surface area contributed by atoms with Crippen LogP contribution in [0.25, 0.3) is 11.6 Å². The highest BCUT2D eigenvalue weighted by atomic mass is 16.4. The van der Waals surface area contributed by atoms with Crippen molar-refractivity contribution in [3.63, 3.8) is 0 Å². The molecule has 0 saturated carbocycles. The molecule has 0 spiro atoms. The van der Waals surface area contributed by atoms with Gasteiger partial charge in [0.15, 0.2) is 23.6 Å². The van der Waals surface area contributed by atoms with E-state index in [9.17, 15) is 9.90 Å². The number of pyridine rings is 1. The van der Waals surface area contributed by atoms with Gasteiger partial charge in [0, 0.05) is 29.2 Å². The first-order chi connectivity index (χ1) is 12.7. The van der Waals surface area contributed by atoms with Gasteiger partial charge in [0.1, 0.15) is 5.56 Å². The average molecular weight is 345 g/mol. The monoisotopic (exact) mass is 345 g/mol. The second-order valence-corrected chi connectivity index (χ2v) is 5.90. The molecule has 2 N–H and O–H groups in total. The quantitative estimate of drug-likeness (QED) is 0.680. The van der Waals surface area contributed by atoms with E-state index >= 15 is 0 Å². The highest BCUT2D eigenvalue weighted by Gasteiger charge is 2.20. The van der Waals surface area contributed by atoms with E-state index in [2.05, 4.69) is 15.3 Å². The van der Waals surface area contributed by atoms with Gasteiger partial charge in [0.2, 0.25) is 5.88 Å². The van der Waals surface area contributed by atoms with Crippen LogP contribution in [0.3, 0.4) is 0 Å². The molecular weight excluding hydrogens is 330 g/mol. The number of hydrogen-bond acceptors (Lipinski definition) is 6. The van der Waals surface area contributed by atoms with Crippen LogP contribution in [-0.4, -0.2) is 22.6 Å². The maximum absolute atomic E-state index is 11.4. The molecule has 0 aliphatic carbocycles. The van der Waals surface area contributed by atoms with Crippen molar-refractivity contribution in [2.24, 2.45) is 4.99 Å². The smallest absolute Gasteiger partial charge is 0.212 e. The Morgan fingerprint density at radius 3 is 2.77 bits per heavy atom. The molecule has 0 amide bonds. The Labute approximate surface area is 149 Å². The Morgan fingerprint density at radius 2 is 2.00 bits per heavy atom. The van der Waals surface area contributed by atoms with E-state index in [1.54, 1.807) is 18.5 Å². The molecule has 128 valence electrons. The molecule has 6 nitrogen and oxygen atoms in total. The number of aryl methyl sites for hydroxylation is 1. The summed E-state index contributed by atoms with van der Waals surface area (Å²) in [7, 11) is 0. The van der Waals surface area contributed by atoms with Crippen molar-refractivity contribution in [2.45, 2.75) is 6.92 Å². The first kappa shape index (κ1) is 15.8. The van der Waals surface area contributed by atoms with E-state index in [1.165, 1.54) is 0 Å². The summed E-state index contributed by atoms with van der Waals surface area (Å²) in [5.41, 5.74) is 3.52. The number of benzene rings is 1. The molecule has 0 atom stereocenters. The minimum absolute atomic E-state index is 0.0683. The van der Waals surface area contributed by atoms with E-state index in [4.69, 9.17) is 4.42 Å². The molecule has 0 unspecified atom stereocenters. The Kier molecular flexibility index (Phi) is 3.85. The van der Waals surface area contributed by atoms with Crippen LogP contribution in [0, 0.1) is 6.92 Å². The predicted molar refractivity (Wildman–Crippen MR) is 100 cm³/mol. The zero-order chi connectivity index (χ0) is 18.1. The lowest BCUT2D eigenvalue weighted by Gasteiger charge is -2.03. The van der Waals surface area contributed by atoms with E-state index in [-0.39, 0.29) is 23.0 Å². The number of rotatable bonds is 4. The molecular formula is C20H15N3O3. The van der Waals surface area contributed by atoms with Crippen molar-refractivity contribution in [1.29, 1.82) is 0 Å². The summed E-state index contributed by atoms with van der Waals surface area (Å²) < 4.78 is 5.70. The molecule has 1 aliphatic rings. The molecule has 1 aliphatic heterocycles. The number of nitrogens with zero attached hydrogens (tertiary/aromatic N) is 2. The normalized spacial score (nSPS) is 13.8. The van der Waals surface area contributed by atoms with Crippen molar-refractivity contribution in [1.82, 2.24) is 4.98 Å². The van der Waals surface area contributed by atoms with Gasteiger partial charge in [-0.1, -0.05) is 17.7 Å². The summed E-state index contributed by atoms with van der Waals surface area (Å²) in [5, 5.41) is 13.4. The predicted octanol–water partition coefficient (Wildman–Crippen LogP) is 4.50. The van der Waals surface area contributed by atoms with Crippen LogP contribution in [0.1, 0.15) is 27.2 Å². The SMILES string of the molecule is Cc1ccc(Nc2oc(C=C3C=Nc4ncccc43)c(O)c2C=O)cc1. The number of fused-ring (bicyclic) bond motifs is 1. The zero-order valence-corrected chi connectivity index (χ0v) is 13.9. The maximum atomic E-state index is 11.4. The van der Waals surface area contributed by atoms with Gasteiger partial charge in [0.05, 0.1) is 0 Å². The van der Waals surface area contributed by atoms with Crippen LogP contribution >= 0.6 is 0 Å². The number of aromatic hydroxyl groups is 1. The van der Waals surface area contributed by atoms with E-state index in [1.807, 2.05) is 43.3 Å². The van der Waals surface area contributed by atoms with Crippen molar-refractivity contribution in [2.75, 3.05) is 5.32 Å². The Morgan fingerprint density at radius 1 is 1.19 bits per heavy atom. The number of allylic oxidation sites excluding steroid dienone is 1. The molecule has 2 aromatic heterocycles. The lowest BCUT2D eigenvalue weighted by atomic mass is 10.1. The van der Waals surface area contributed by atoms with Gasteiger partial charge in [-0.2, -0.15) is 0 Å². The summed E-state index contributed by atoms with van der Waals surface area (Å²) in [6.07, 6.45) is 5.51. The molecule has 6 heteroatoms. The number of nitrogens with one attached hydrogen (secondary N) is 1. The molecule has 0 bridgehead atoms. The van der Waals surface area contributed by atoms with Crippen molar-refractivity contribution in [3.8, 4) is 5.75 Å². The number of aromatic nitrogens is 1. The van der Waals surface area contributed by atoms with Crippen LogP contribution in [-0.2, 0) is 0 Å². The highest BCUT2D eigenvalue weighted by Crippen LogP contribution is 2.38. The molecule has 0 radical (unpaired) electrons. The standard InChI is InChI=1S/C20H15N3O3/c1-12-4-6-14(7-5-12)23-20-16(11-24)18(25)17(26-20)9-13-10-22-19-15(13)3-2-8-21-19/h2-11,23,25H,1H3. The van der Waals surface area contributed by atoms with Gasteiger partial charge < -0.3 is 14.8 Å². The minimum Gasteiger partial charge on any atom is -0.504 e. The van der Waals surface area contributed by atoms with Crippen LogP contribution in [0.15, 0.2) is 52.0 Å². The molecule has 4 rings (SSSR count). The second kappa shape index (κ2) is 6.33. The number of hydrogen-bond donors (Lipinski definition) is 2. The Bertz CT molecular complexity index is 1050. The Balaban J connectivity index is 1.71. The maximum Gasteiger partial charge on any atom is 0.212 e. The average Bonchev–Trinajstić information content (AvgIpc) is 3.19. The van der Waals surface area contributed by atoms with E-state index in [0.29, 0.717) is 12.1 Å². The number of furan rings is 1. The molecule has 0 saturated heterocycles. The van der Waals surface area contributed by atoms with Gasteiger partial charge in [-0.15, -0.1) is 0 Å². The van der Waals surface area contributed by atoms with Crippen LogP contribution in [0.5, 0.6) is 5.75 Å². The summed E-state index contributed by atoms with van der Waals surface area (Å²) >= 11 is 0. The topological polar surface area (TPSA) is 87.7 Å². The van der Waals surface area contributed by atoms with Crippen LogP contribution < -0.4 is 5.32 Å². The van der Waals surface area contributed by atoms with E-state index in [0.717, 1.165) is 22.4 Å². The fraction of sp³-hybridized carbons (Fsp3) is 0.0500. The molecule has 1 aromatic carbocycles. The number of aldehydes is 1. The third-order valence-corrected chi connectivity index (χ3v) is 4.08. The number of carbonyl (C=O) groups is 1. The van der Waals surface area contributed by atoms with Crippen molar-refractivity contribution >= 4 is 41.5 Å². The van der Waals surface area contributed by atoms with Gasteiger partial charge in [0.25, 0.3) is 0 Å². The lowest BCUT2D eigenvalue weighted by Crippen LogP contribution is -1.91. The van der Waals surface area contributed by atoms with E-state index < -0.39 is 0 Å². The molecule has 0 fully saturated rings. The number of carbonyl (C=O) groups excluding carboxylic acids is 1. The molecule has 3 heterocycles. The summed E-state index contributed by atoms with van der Waals surface area (Å²) in [4.78, 5) is 19.8. The largest absolute Gasteiger partial charge is 0.504 e. The molecule has 3 aromatic rings. The first-order valence-electron chi connectivity index (χ1n) is 8.01. The third-order valence-electron chi connectivity index (χ3n) is 4.08. The lowest BCUT2D eigenvalue weighted by molar-refractivity contribution is 0.112. The summed E-state index contributed by atoms with van der Waals surface area (Å²) in [6, 6.07) is 11.3. The van der Waals surface area contributed by atoms with Gasteiger partial charge in [-0.05, 0) is 37.3 Å². The van der Waals surface area contributed by atoms with Crippen LogP contribution in [0.4, 0.5) is 17.4 Å². The highest BCUT2D eigenvalue weighted by molar-refractivity contribution is 6.21. The van der Waals surface area contributed by atoms with Crippen molar-refractivity contribution < 1.29 is 14.3 Å². The second-order valence-electron chi connectivity index (χ2n) is 5.90. The fourth-order valence-corrected chi connectivity index (χ4v) is 2.70. The minimum atomic E-state index is -0.215. The van der Waals surface area contributed by atoms with Gasteiger partial charge >= 0.3 is 0 Å². The van der Waals surface area contributed by atoms with Gasteiger partial charge in [-0.3, -0.25) is 4.79 Å². The van der Waals surface area contributed by atoms with Crippen molar-refractivity contribution in [3.05, 3.63) is 65.0 Å². The first-order valence-corrected chi connectivity index (χ1v) is 8.01. The van der Waals surface area contributed by atoms with Gasteiger partial charge in [-0.25, -0.2) is 9.98 Å². The summed E-state index contributed by atoms with van der Waals surface area (Å²) in [5.74, 6) is 0.765. The Hall–Kier alpha value is -3.67.